The fourth-order valence-corrected chi connectivity index (χ4v) is 2.10. The topological polar surface area (TPSA) is 44.1 Å². The minimum atomic E-state index is 0.394. The zero-order valence-corrected chi connectivity index (χ0v) is 6.53. The SMILES string of the molecule is OCC1CC2C=CC1C2.[B]=N. The summed E-state index contributed by atoms with van der Waals surface area (Å²) in [5.41, 5.74) is 0. The Kier molecular flexibility index (Phi) is 3.00. The van der Waals surface area contributed by atoms with Crippen LogP contribution in [-0.4, -0.2) is 19.4 Å². The van der Waals surface area contributed by atoms with Gasteiger partial charge in [0.05, 0.1) is 0 Å². The van der Waals surface area contributed by atoms with Crippen molar-refractivity contribution in [3.63, 3.8) is 0 Å². The summed E-state index contributed by atoms with van der Waals surface area (Å²) in [5, 5.41) is 14.1. The molecule has 2 bridgehead atoms. The van der Waals surface area contributed by atoms with Crippen LogP contribution in [0.4, 0.5) is 0 Å². The van der Waals surface area contributed by atoms with Crippen molar-refractivity contribution in [2.45, 2.75) is 12.8 Å². The second kappa shape index (κ2) is 3.81. The van der Waals surface area contributed by atoms with Gasteiger partial charge in [-0.3, -0.25) is 0 Å². The third-order valence-corrected chi connectivity index (χ3v) is 2.65. The van der Waals surface area contributed by atoms with Crippen LogP contribution in [0.3, 0.4) is 0 Å². The van der Waals surface area contributed by atoms with Crippen molar-refractivity contribution >= 4 is 7.64 Å². The molecule has 3 unspecified atom stereocenters. The number of hydrogen-bond acceptors (Lipinski definition) is 2. The maximum absolute atomic E-state index is 8.85. The third-order valence-electron chi connectivity index (χ3n) is 2.65. The number of fused-ring (bicyclic) bond motifs is 2. The van der Waals surface area contributed by atoms with Crippen LogP contribution in [0.1, 0.15) is 12.8 Å². The monoisotopic (exact) mass is 150 g/mol. The normalized spacial score (nSPS) is 38.4. The van der Waals surface area contributed by atoms with E-state index in [0.717, 1.165) is 11.8 Å². The standard InChI is InChI=1S/C8H12O.BHN/c9-5-8-4-6-1-2-7(8)3-6;1-2/h1-2,6-9H,3-5H2;2H. The van der Waals surface area contributed by atoms with E-state index in [9.17, 15) is 0 Å². The Labute approximate surface area is 68.2 Å². The molecule has 3 heteroatoms. The van der Waals surface area contributed by atoms with Crippen LogP contribution in [-0.2, 0) is 0 Å². The Hall–Kier alpha value is -0.435. The molecule has 2 aliphatic carbocycles. The summed E-state index contributed by atoms with van der Waals surface area (Å²) in [5.74, 6) is 2.13. The molecule has 59 valence electrons. The van der Waals surface area contributed by atoms with E-state index in [1.807, 2.05) is 0 Å². The van der Waals surface area contributed by atoms with E-state index < -0.39 is 0 Å². The molecule has 2 N–H and O–H groups in total. The molecule has 1 fully saturated rings. The molecule has 3 atom stereocenters. The summed E-state index contributed by atoms with van der Waals surface area (Å²) >= 11 is 0. The van der Waals surface area contributed by atoms with Crippen LogP contribution in [0.5, 0.6) is 0 Å². The molecule has 1 radical (unpaired) electrons. The van der Waals surface area contributed by atoms with E-state index >= 15 is 0 Å². The first-order chi connectivity index (χ1) is 5.40. The summed E-state index contributed by atoms with van der Waals surface area (Å²) in [4.78, 5) is 0. The van der Waals surface area contributed by atoms with Gasteiger partial charge in [-0.05, 0) is 30.6 Å². The fraction of sp³-hybridized carbons (Fsp3) is 0.750. The molecule has 1 saturated carbocycles. The van der Waals surface area contributed by atoms with E-state index in [1.54, 1.807) is 0 Å². The summed E-state index contributed by atoms with van der Waals surface area (Å²) < 4.78 is 0. The molecular formula is C8H13BNO. The predicted molar refractivity (Wildman–Crippen MR) is 44.4 cm³/mol. The van der Waals surface area contributed by atoms with Crippen molar-refractivity contribution in [2.24, 2.45) is 17.8 Å². The Morgan fingerprint density at radius 3 is 2.36 bits per heavy atom. The molecule has 0 aromatic carbocycles. The molecule has 0 amide bonds. The molecule has 0 saturated heterocycles. The van der Waals surface area contributed by atoms with Gasteiger partial charge >= 0.3 is 13.0 Å². The second-order valence-corrected chi connectivity index (χ2v) is 3.22. The zero-order valence-electron chi connectivity index (χ0n) is 6.53. The molecule has 11 heavy (non-hydrogen) atoms. The van der Waals surface area contributed by atoms with Gasteiger partial charge in [-0.2, -0.15) is 0 Å². The van der Waals surface area contributed by atoms with Gasteiger partial charge in [0.2, 0.25) is 0 Å². The molecular weight excluding hydrogens is 137 g/mol. The number of rotatable bonds is 1. The van der Waals surface area contributed by atoms with Crippen molar-refractivity contribution in [3.8, 4) is 0 Å². The molecule has 2 rings (SSSR count). The third kappa shape index (κ3) is 1.59. The minimum absolute atomic E-state index is 0.394. The van der Waals surface area contributed by atoms with Crippen molar-refractivity contribution < 1.29 is 5.11 Å². The first-order valence-corrected chi connectivity index (χ1v) is 3.98. The van der Waals surface area contributed by atoms with Gasteiger partial charge in [-0.1, -0.05) is 12.2 Å². The fourth-order valence-electron chi connectivity index (χ4n) is 2.10. The first kappa shape index (κ1) is 8.66. The Morgan fingerprint density at radius 1 is 1.36 bits per heavy atom. The van der Waals surface area contributed by atoms with Gasteiger partial charge in [0.1, 0.15) is 0 Å². The van der Waals surface area contributed by atoms with Crippen molar-refractivity contribution in [2.75, 3.05) is 6.61 Å². The molecule has 0 spiro atoms. The van der Waals surface area contributed by atoms with Gasteiger partial charge in [0.15, 0.2) is 0 Å². The molecule has 0 aromatic heterocycles. The van der Waals surface area contributed by atoms with Crippen molar-refractivity contribution in [1.29, 1.82) is 5.31 Å². The average molecular weight is 150 g/mol. The number of aliphatic hydroxyl groups is 1. The second-order valence-electron chi connectivity index (χ2n) is 3.22. The van der Waals surface area contributed by atoms with Gasteiger partial charge in [-0.15, -0.1) is 0 Å². The summed E-state index contributed by atoms with van der Waals surface area (Å²) in [6.45, 7) is 0.394. The average Bonchev–Trinajstić information content (AvgIpc) is 2.67. The molecule has 2 aliphatic rings. The number of hydrogen-bond donors (Lipinski definition) is 2. The zero-order chi connectivity index (χ0) is 8.27. The number of allylic oxidation sites excluding steroid dienone is 2. The van der Waals surface area contributed by atoms with Crippen LogP contribution in [0.15, 0.2) is 12.2 Å². The van der Waals surface area contributed by atoms with Gasteiger partial charge in [0.25, 0.3) is 0 Å². The van der Waals surface area contributed by atoms with E-state index in [1.165, 1.54) is 12.8 Å². The van der Waals surface area contributed by atoms with E-state index in [4.69, 9.17) is 10.4 Å². The summed E-state index contributed by atoms with van der Waals surface area (Å²) in [6, 6.07) is 0. The van der Waals surface area contributed by atoms with E-state index in [-0.39, 0.29) is 0 Å². The van der Waals surface area contributed by atoms with Crippen LogP contribution in [0, 0.1) is 23.1 Å². The van der Waals surface area contributed by atoms with E-state index in [0.29, 0.717) is 12.5 Å². The quantitative estimate of drug-likeness (QED) is 0.426. The van der Waals surface area contributed by atoms with Crippen LogP contribution in [0.2, 0.25) is 0 Å². The maximum atomic E-state index is 8.85. The van der Waals surface area contributed by atoms with E-state index in [2.05, 4.69) is 19.8 Å². The Bertz CT molecular complexity index is 160. The summed E-state index contributed by atoms with van der Waals surface area (Å²) in [7, 11) is 3.75. The molecule has 0 aliphatic heterocycles. The van der Waals surface area contributed by atoms with Crippen LogP contribution < -0.4 is 0 Å². The molecule has 0 aromatic rings. The number of nitrogens with one attached hydrogen (secondary N) is 1. The Morgan fingerprint density at radius 2 is 2.09 bits per heavy atom. The number of aliphatic hydroxyl groups excluding tert-OH is 1. The van der Waals surface area contributed by atoms with Crippen molar-refractivity contribution in [3.05, 3.63) is 12.2 Å². The van der Waals surface area contributed by atoms with Gasteiger partial charge in [0, 0.05) is 6.61 Å². The van der Waals surface area contributed by atoms with Crippen molar-refractivity contribution in [1.82, 2.24) is 0 Å². The first-order valence-electron chi connectivity index (χ1n) is 3.98. The predicted octanol–water partition coefficient (Wildman–Crippen LogP) is 1.11. The molecule has 2 nitrogen and oxygen atoms in total. The Balaban J connectivity index is 0.000000281. The van der Waals surface area contributed by atoms with Gasteiger partial charge < -0.3 is 5.11 Å². The van der Waals surface area contributed by atoms with Gasteiger partial charge in [-0.25, -0.2) is 0 Å². The van der Waals surface area contributed by atoms with Crippen LogP contribution >= 0.6 is 0 Å². The molecule has 0 heterocycles. The van der Waals surface area contributed by atoms with Crippen LogP contribution in [0.25, 0.3) is 0 Å². The summed E-state index contributed by atoms with van der Waals surface area (Å²) in [6.07, 6.45) is 7.12.